The molecule has 4 heterocycles. The molecule has 1 aromatic carbocycles. The van der Waals surface area contributed by atoms with E-state index in [0.29, 0.717) is 37.6 Å². The lowest BCUT2D eigenvalue weighted by Crippen LogP contribution is -2.57. The highest BCUT2D eigenvalue weighted by Gasteiger charge is 2.40. The number of hydrogen-bond donors (Lipinski definition) is 1. The summed E-state index contributed by atoms with van der Waals surface area (Å²) in [5, 5.41) is 2.88. The van der Waals surface area contributed by atoms with E-state index in [1.165, 1.54) is 0 Å². The molecular weight excluding hydrogens is 424 g/mol. The Morgan fingerprint density at radius 2 is 1.85 bits per heavy atom. The maximum Gasteiger partial charge on any atom is 0.253 e. The first-order chi connectivity index (χ1) is 16.1. The van der Waals surface area contributed by atoms with E-state index in [-0.39, 0.29) is 36.4 Å². The number of nitrogens with zero attached hydrogens (tertiary/aromatic N) is 3. The van der Waals surface area contributed by atoms with Crippen molar-refractivity contribution in [2.75, 3.05) is 62.3 Å². The summed E-state index contributed by atoms with van der Waals surface area (Å²) in [6.07, 6.45) is 4.66. The maximum atomic E-state index is 13.5. The molecule has 4 aliphatic rings. The van der Waals surface area contributed by atoms with Crippen molar-refractivity contribution in [3.63, 3.8) is 0 Å². The summed E-state index contributed by atoms with van der Waals surface area (Å²) in [6, 6.07) is 5.35. The number of ether oxygens (including phenoxy) is 2. The van der Waals surface area contributed by atoms with Gasteiger partial charge in [-0.1, -0.05) is 0 Å². The highest BCUT2D eigenvalue weighted by atomic mass is 16.6. The van der Waals surface area contributed by atoms with Crippen molar-refractivity contribution in [2.24, 2.45) is 0 Å². The second-order valence-electron chi connectivity index (χ2n) is 9.20. The molecule has 3 amide bonds. The van der Waals surface area contributed by atoms with Gasteiger partial charge in [-0.15, -0.1) is 0 Å². The average Bonchev–Trinajstić information content (AvgIpc) is 3.40. The van der Waals surface area contributed by atoms with Crippen LogP contribution in [0.4, 0.5) is 11.4 Å². The second kappa shape index (κ2) is 9.69. The minimum atomic E-state index is -0.255. The van der Waals surface area contributed by atoms with Crippen LogP contribution in [0.5, 0.6) is 0 Å². The van der Waals surface area contributed by atoms with E-state index in [0.717, 1.165) is 57.4 Å². The predicted molar refractivity (Wildman–Crippen MR) is 122 cm³/mol. The van der Waals surface area contributed by atoms with Crippen LogP contribution in [0.25, 0.3) is 0 Å². The molecule has 2 atom stereocenters. The van der Waals surface area contributed by atoms with Crippen LogP contribution in [0.3, 0.4) is 0 Å². The van der Waals surface area contributed by atoms with E-state index >= 15 is 0 Å². The summed E-state index contributed by atoms with van der Waals surface area (Å²) in [5.74, 6) is -0.327. The van der Waals surface area contributed by atoms with Crippen LogP contribution in [-0.4, -0.2) is 87.3 Å². The van der Waals surface area contributed by atoms with E-state index in [1.807, 2.05) is 17.0 Å². The van der Waals surface area contributed by atoms with Gasteiger partial charge in [0.2, 0.25) is 11.8 Å². The molecule has 1 aromatic rings. The van der Waals surface area contributed by atoms with Gasteiger partial charge < -0.3 is 24.6 Å². The van der Waals surface area contributed by atoms with Gasteiger partial charge >= 0.3 is 0 Å². The molecule has 9 nitrogen and oxygen atoms in total. The molecule has 0 unspecified atom stereocenters. The molecule has 0 saturated carbocycles. The van der Waals surface area contributed by atoms with Crippen LogP contribution in [0.15, 0.2) is 18.2 Å². The smallest absolute Gasteiger partial charge is 0.253 e. The van der Waals surface area contributed by atoms with E-state index in [2.05, 4.69) is 10.2 Å². The minimum absolute atomic E-state index is 0.0117. The molecule has 0 aliphatic carbocycles. The Morgan fingerprint density at radius 1 is 1.03 bits per heavy atom. The Bertz CT molecular complexity index is 910. The number of benzene rings is 1. The first-order valence-electron chi connectivity index (χ1n) is 12.1. The number of piperidine rings is 1. The molecule has 0 spiro atoms. The number of fused-ring (bicyclic) bond motifs is 3. The van der Waals surface area contributed by atoms with Crippen LogP contribution in [-0.2, 0) is 19.1 Å². The number of nitrogens with one attached hydrogen (secondary N) is 1. The molecule has 33 heavy (non-hydrogen) atoms. The third-order valence-corrected chi connectivity index (χ3v) is 6.98. The average molecular weight is 457 g/mol. The molecule has 1 N–H and O–H groups in total. The summed E-state index contributed by atoms with van der Waals surface area (Å²) in [7, 11) is 0. The molecule has 5 rings (SSSR count). The van der Waals surface area contributed by atoms with Gasteiger partial charge in [0.15, 0.2) is 0 Å². The lowest BCUT2D eigenvalue weighted by molar-refractivity contribution is -0.126. The summed E-state index contributed by atoms with van der Waals surface area (Å²) >= 11 is 0. The van der Waals surface area contributed by atoms with Crippen LogP contribution >= 0.6 is 0 Å². The predicted octanol–water partition coefficient (Wildman–Crippen LogP) is 1.16. The summed E-state index contributed by atoms with van der Waals surface area (Å²) in [6.45, 7) is 4.14. The van der Waals surface area contributed by atoms with Gasteiger partial charge in [0.1, 0.15) is 12.6 Å². The van der Waals surface area contributed by atoms with E-state index < -0.39 is 0 Å². The largest absolute Gasteiger partial charge is 0.376 e. The van der Waals surface area contributed by atoms with Crippen molar-refractivity contribution in [1.29, 1.82) is 0 Å². The van der Waals surface area contributed by atoms with Crippen molar-refractivity contribution in [3.05, 3.63) is 23.8 Å². The second-order valence-corrected chi connectivity index (χ2v) is 9.20. The van der Waals surface area contributed by atoms with Crippen LogP contribution < -0.4 is 15.1 Å². The van der Waals surface area contributed by atoms with E-state index in [9.17, 15) is 14.4 Å². The Kier molecular flexibility index (Phi) is 6.50. The number of hydrogen-bond acceptors (Lipinski definition) is 6. The number of anilines is 2. The van der Waals surface area contributed by atoms with Crippen LogP contribution in [0.2, 0.25) is 0 Å². The monoisotopic (exact) mass is 456 g/mol. The molecule has 3 fully saturated rings. The number of rotatable bonds is 5. The lowest BCUT2D eigenvalue weighted by Gasteiger charge is -2.45. The van der Waals surface area contributed by atoms with Crippen molar-refractivity contribution >= 4 is 29.1 Å². The highest BCUT2D eigenvalue weighted by Crippen LogP contribution is 2.40. The third kappa shape index (κ3) is 4.56. The topological polar surface area (TPSA) is 91.4 Å². The van der Waals surface area contributed by atoms with Gasteiger partial charge in [-0.05, 0) is 50.3 Å². The standard InChI is InChI=1S/C24H32N4O5/c29-22(25-14-18-16-32-11-12-33-18)15-28-21-13-17(23(30)26-8-3-4-9-26)6-7-19(21)27-10-2-1-5-20(27)24(28)31/h6-7,13,18,20H,1-5,8-12,14-16H2,(H,25,29)/t18-,20-/m0/s1. The van der Waals surface area contributed by atoms with Crippen molar-refractivity contribution in [3.8, 4) is 0 Å². The Labute approximate surface area is 194 Å². The van der Waals surface area contributed by atoms with Crippen molar-refractivity contribution in [1.82, 2.24) is 10.2 Å². The molecule has 178 valence electrons. The van der Waals surface area contributed by atoms with Crippen molar-refractivity contribution < 1.29 is 23.9 Å². The van der Waals surface area contributed by atoms with Gasteiger partial charge in [-0.3, -0.25) is 19.3 Å². The number of carbonyl (C=O) groups excluding carboxylic acids is 3. The van der Waals surface area contributed by atoms with E-state index in [1.54, 1.807) is 11.0 Å². The fourth-order valence-corrected chi connectivity index (χ4v) is 5.24. The molecule has 0 aromatic heterocycles. The highest BCUT2D eigenvalue weighted by molar-refractivity contribution is 6.09. The fourth-order valence-electron chi connectivity index (χ4n) is 5.24. The molecule has 0 bridgehead atoms. The Balaban J connectivity index is 1.37. The summed E-state index contributed by atoms with van der Waals surface area (Å²) in [4.78, 5) is 44.9. The zero-order valence-corrected chi connectivity index (χ0v) is 19.0. The van der Waals surface area contributed by atoms with Gasteiger partial charge in [-0.25, -0.2) is 0 Å². The van der Waals surface area contributed by atoms with E-state index in [4.69, 9.17) is 9.47 Å². The van der Waals surface area contributed by atoms with Gasteiger partial charge in [-0.2, -0.15) is 0 Å². The molecule has 0 radical (unpaired) electrons. The molecule has 3 saturated heterocycles. The summed E-state index contributed by atoms with van der Waals surface area (Å²) in [5.41, 5.74) is 2.14. The molecular formula is C24H32N4O5. The first-order valence-corrected chi connectivity index (χ1v) is 12.1. The molecule has 4 aliphatic heterocycles. The summed E-state index contributed by atoms with van der Waals surface area (Å²) < 4.78 is 11.0. The van der Waals surface area contributed by atoms with Crippen molar-refractivity contribution in [2.45, 2.75) is 44.2 Å². The van der Waals surface area contributed by atoms with Gasteiger partial charge in [0.25, 0.3) is 5.91 Å². The van der Waals surface area contributed by atoms with Gasteiger partial charge in [0, 0.05) is 31.7 Å². The zero-order chi connectivity index (χ0) is 22.8. The number of amides is 3. The zero-order valence-electron chi connectivity index (χ0n) is 19.0. The number of carbonyl (C=O) groups is 3. The molecule has 9 heteroatoms. The Hall–Kier alpha value is -2.65. The lowest BCUT2D eigenvalue weighted by atomic mass is 9.95. The first kappa shape index (κ1) is 22.2. The fraction of sp³-hybridized carbons (Fsp3) is 0.625. The maximum absolute atomic E-state index is 13.5. The quantitative estimate of drug-likeness (QED) is 0.715. The SMILES string of the molecule is O=C(CN1C(=O)[C@@H]2CCCCN2c2ccc(C(=O)N3CCCC3)cc21)NC[C@H]1COCCO1. The van der Waals surface area contributed by atoms with Crippen LogP contribution in [0, 0.1) is 0 Å². The minimum Gasteiger partial charge on any atom is -0.376 e. The number of likely N-dealkylation sites (tertiary alicyclic amines) is 1. The third-order valence-electron chi connectivity index (χ3n) is 6.98. The Morgan fingerprint density at radius 3 is 2.64 bits per heavy atom. The van der Waals surface area contributed by atoms with Crippen LogP contribution in [0.1, 0.15) is 42.5 Å². The van der Waals surface area contributed by atoms with Gasteiger partial charge in [0.05, 0.1) is 37.3 Å². The normalized spacial score (nSPS) is 25.0.